The van der Waals surface area contributed by atoms with Gasteiger partial charge >= 0.3 is 6.09 Å². The molecule has 1 N–H and O–H groups in total. The maximum atomic E-state index is 11.7. The van der Waals surface area contributed by atoms with Gasteiger partial charge in [-0.25, -0.2) is 4.79 Å². The van der Waals surface area contributed by atoms with Crippen molar-refractivity contribution in [3.63, 3.8) is 0 Å². The zero-order chi connectivity index (χ0) is 17.3. The summed E-state index contributed by atoms with van der Waals surface area (Å²) in [5.74, 6) is 0. The van der Waals surface area contributed by atoms with E-state index in [0.717, 1.165) is 11.8 Å². The lowest BCUT2D eigenvalue weighted by Crippen LogP contribution is -2.48. The number of nitrogens with zero attached hydrogens (tertiary/aromatic N) is 1. The van der Waals surface area contributed by atoms with Crippen LogP contribution in [0.4, 0.5) is 4.79 Å². The van der Waals surface area contributed by atoms with Gasteiger partial charge in [0.25, 0.3) is 10.1 Å². The van der Waals surface area contributed by atoms with Crippen LogP contribution in [-0.2, 0) is 25.5 Å². The molecule has 0 aromatic heterocycles. The van der Waals surface area contributed by atoms with E-state index in [1.807, 2.05) is 30.3 Å². The van der Waals surface area contributed by atoms with Crippen molar-refractivity contribution >= 4 is 16.2 Å². The fraction of sp³-hybridized carbons (Fsp3) is 0.533. The molecule has 2 atom stereocenters. The molecule has 1 amide bonds. The molecule has 1 aromatic carbocycles. The van der Waals surface area contributed by atoms with E-state index in [-0.39, 0.29) is 6.61 Å². The van der Waals surface area contributed by atoms with E-state index in [4.69, 9.17) is 8.92 Å². The maximum absolute atomic E-state index is 11.7. The van der Waals surface area contributed by atoms with Crippen molar-refractivity contribution in [2.45, 2.75) is 38.1 Å². The number of benzene rings is 1. The molecular weight excluding hydrogens is 322 g/mol. The van der Waals surface area contributed by atoms with Crippen LogP contribution >= 0.6 is 0 Å². The van der Waals surface area contributed by atoms with Gasteiger partial charge in [-0.15, -0.1) is 0 Å². The highest BCUT2D eigenvalue weighted by atomic mass is 32.2. The van der Waals surface area contributed by atoms with Gasteiger partial charge in [-0.05, 0) is 25.8 Å². The highest BCUT2D eigenvalue weighted by Gasteiger charge is 2.50. The van der Waals surface area contributed by atoms with Gasteiger partial charge in [0.1, 0.15) is 11.8 Å². The van der Waals surface area contributed by atoms with Crippen LogP contribution in [0.1, 0.15) is 19.4 Å². The van der Waals surface area contributed by atoms with Crippen molar-refractivity contribution in [1.29, 1.82) is 0 Å². The van der Waals surface area contributed by atoms with Crippen LogP contribution < -0.4 is 0 Å². The Kier molecular flexibility index (Phi) is 4.98. The van der Waals surface area contributed by atoms with Gasteiger partial charge in [0, 0.05) is 0 Å². The summed E-state index contributed by atoms with van der Waals surface area (Å²) in [6, 6.07) is 8.84. The van der Waals surface area contributed by atoms with Crippen LogP contribution in [0.3, 0.4) is 0 Å². The average Bonchev–Trinajstić information content (AvgIpc) is 2.67. The predicted octanol–water partition coefficient (Wildman–Crippen LogP) is 1.69. The minimum atomic E-state index is -3.63. The summed E-state index contributed by atoms with van der Waals surface area (Å²) in [4.78, 5) is 12.9. The summed E-state index contributed by atoms with van der Waals surface area (Å²) in [5, 5.41) is 9.53. The van der Waals surface area contributed by atoms with Crippen molar-refractivity contribution in [3.8, 4) is 0 Å². The van der Waals surface area contributed by atoms with Crippen molar-refractivity contribution in [1.82, 2.24) is 4.90 Å². The Balaban J connectivity index is 2.26. The second-order valence-corrected chi connectivity index (χ2v) is 7.65. The summed E-state index contributed by atoms with van der Waals surface area (Å²) in [7, 11) is -3.63. The SMILES string of the molecule is CC1(C)OC(COS(C)(=O)=O)C(Cc2ccccc2)N1C(=O)O. The van der Waals surface area contributed by atoms with Gasteiger partial charge in [-0.1, -0.05) is 30.3 Å². The van der Waals surface area contributed by atoms with Gasteiger partial charge in [-0.3, -0.25) is 9.08 Å². The third kappa shape index (κ3) is 4.43. The molecule has 23 heavy (non-hydrogen) atoms. The fourth-order valence-corrected chi connectivity index (χ4v) is 3.24. The second-order valence-electron chi connectivity index (χ2n) is 6.00. The number of amides is 1. The minimum absolute atomic E-state index is 0.219. The lowest BCUT2D eigenvalue weighted by Gasteiger charge is -2.31. The molecule has 0 saturated carbocycles. The third-order valence-corrected chi connectivity index (χ3v) is 4.29. The normalized spacial score (nSPS) is 23.9. The van der Waals surface area contributed by atoms with Gasteiger partial charge < -0.3 is 9.84 Å². The first-order valence-corrected chi connectivity index (χ1v) is 9.00. The Hall–Kier alpha value is -1.64. The molecule has 7 nitrogen and oxygen atoms in total. The Bertz CT molecular complexity index is 658. The number of rotatable bonds is 5. The van der Waals surface area contributed by atoms with Gasteiger partial charge in [-0.2, -0.15) is 8.42 Å². The number of carboxylic acid groups (broad SMARTS) is 1. The Morgan fingerprint density at radius 1 is 1.35 bits per heavy atom. The van der Waals surface area contributed by atoms with Crippen LogP contribution in [-0.4, -0.2) is 55.3 Å². The summed E-state index contributed by atoms with van der Waals surface area (Å²) < 4.78 is 33.0. The summed E-state index contributed by atoms with van der Waals surface area (Å²) >= 11 is 0. The smallest absolute Gasteiger partial charge is 0.409 e. The van der Waals surface area contributed by atoms with E-state index >= 15 is 0 Å². The van der Waals surface area contributed by atoms with E-state index in [0.29, 0.717) is 6.42 Å². The van der Waals surface area contributed by atoms with E-state index in [9.17, 15) is 18.3 Å². The molecular formula is C15H21NO6S. The zero-order valence-corrected chi connectivity index (χ0v) is 14.1. The van der Waals surface area contributed by atoms with Gasteiger partial charge in [0.2, 0.25) is 0 Å². The van der Waals surface area contributed by atoms with E-state index < -0.39 is 34.1 Å². The molecule has 2 unspecified atom stereocenters. The average molecular weight is 343 g/mol. The van der Waals surface area contributed by atoms with E-state index in [1.165, 1.54) is 4.90 Å². The molecule has 1 aliphatic heterocycles. The molecule has 1 aliphatic rings. The van der Waals surface area contributed by atoms with Crippen molar-refractivity contribution < 1.29 is 27.2 Å². The number of carbonyl (C=O) groups is 1. The van der Waals surface area contributed by atoms with Crippen LogP contribution in [0.2, 0.25) is 0 Å². The summed E-state index contributed by atoms with van der Waals surface area (Å²) in [6.45, 7) is 3.06. The van der Waals surface area contributed by atoms with E-state index in [1.54, 1.807) is 13.8 Å². The molecule has 0 bridgehead atoms. The van der Waals surface area contributed by atoms with Crippen LogP contribution in [0, 0.1) is 0 Å². The lowest BCUT2D eigenvalue weighted by atomic mass is 10.0. The van der Waals surface area contributed by atoms with Gasteiger partial charge in [0.15, 0.2) is 0 Å². The molecule has 0 spiro atoms. The third-order valence-electron chi connectivity index (χ3n) is 3.72. The quantitative estimate of drug-likeness (QED) is 0.818. The first-order chi connectivity index (χ1) is 10.6. The monoisotopic (exact) mass is 343 g/mol. The van der Waals surface area contributed by atoms with E-state index in [2.05, 4.69) is 0 Å². The van der Waals surface area contributed by atoms with Crippen molar-refractivity contribution in [3.05, 3.63) is 35.9 Å². The molecule has 128 valence electrons. The largest absolute Gasteiger partial charge is 0.465 e. The molecule has 1 heterocycles. The molecule has 1 saturated heterocycles. The Morgan fingerprint density at radius 3 is 2.48 bits per heavy atom. The molecule has 1 aromatic rings. The topological polar surface area (TPSA) is 93.1 Å². The first kappa shape index (κ1) is 17.7. The minimum Gasteiger partial charge on any atom is -0.465 e. The summed E-state index contributed by atoms with van der Waals surface area (Å²) in [5.41, 5.74) is -0.119. The number of hydrogen-bond donors (Lipinski definition) is 1. The summed E-state index contributed by atoms with van der Waals surface area (Å²) in [6.07, 6.45) is -0.420. The van der Waals surface area contributed by atoms with Crippen molar-refractivity contribution in [2.24, 2.45) is 0 Å². The number of hydrogen-bond acceptors (Lipinski definition) is 5. The van der Waals surface area contributed by atoms with Crippen molar-refractivity contribution in [2.75, 3.05) is 12.9 Å². The fourth-order valence-electron chi connectivity index (χ4n) is 2.86. The maximum Gasteiger partial charge on any atom is 0.409 e. The molecule has 0 radical (unpaired) electrons. The molecule has 2 rings (SSSR count). The zero-order valence-electron chi connectivity index (χ0n) is 13.3. The first-order valence-electron chi connectivity index (χ1n) is 7.18. The molecule has 1 fully saturated rings. The van der Waals surface area contributed by atoms with Crippen LogP contribution in [0.15, 0.2) is 30.3 Å². The standard InChI is InChI=1S/C15H21NO6S/c1-15(2)16(14(17)18)12(9-11-7-5-4-6-8-11)13(22-15)10-21-23(3,19)20/h4-8,12-13H,9-10H2,1-3H3,(H,17,18). The molecule has 8 heteroatoms. The number of ether oxygens (including phenoxy) is 1. The lowest BCUT2D eigenvalue weighted by molar-refractivity contribution is -0.0743. The Labute approximate surface area is 135 Å². The highest BCUT2D eigenvalue weighted by molar-refractivity contribution is 7.85. The molecule has 0 aliphatic carbocycles. The Morgan fingerprint density at radius 2 is 1.96 bits per heavy atom. The predicted molar refractivity (Wildman–Crippen MR) is 83.5 cm³/mol. The van der Waals surface area contributed by atoms with Gasteiger partial charge in [0.05, 0.1) is 18.9 Å². The van der Waals surface area contributed by atoms with Crippen LogP contribution in [0.5, 0.6) is 0 Å². The van der Waals surface area contributed by atoms with Crippen LogP contribution in [0.25, 0.3) is 0 Å². The second kappa shape index (κ2) is 6.46. The highest BCUT2D eigenvalue weighted by Crippen LogP contribution is 2.34.